The second-order valence-corrected chi connectivity index (χ2v) is 14.3. The minimum atomic E-state index is -3.60. The van der Waals surface area contributed by atoms with Crippen molar-refractivity contribution >= 4 is 29.5 Å². The summed E-state index contributed by atoms with van der Waals surface area (Å²) < 4.78 is 24.9. The van der Waals surface area contributed by atoms with Crippen LogP contribution in [0.5, 0.6) is 0 Å². The zero-order valence-electron chi connectivity index (χ0n) is 14.1. The van der Waals surface area contributed by atoms with E-state index in [2.05, 4.69) is 52.3 Å². The fraction of sp³-hybridized carbons (Fsp3) is 0.529. The van der Waals surface area contributed by atoms with Crippen LogP contribution in [0.1, 0.15) is 41.5 Å². The molecule has 0 saturated heterocycles. The molecule has 1 aromatic carbocycles. The van der Waals surface area contributed by atoms with Crippen molar-refractivity contribution < 1.29 is 8.42 Å². The summed E-state index contributed by atoms with van der Waals surface area (Å²) in [6.07, 6.45) is 0. The van der Waals surface area contributed by atoms with Crippen molar-refractivity contribution in [2.24, 2.45) is 0 Å². The number of hydrogen-bond donors (Lipinski definition) is 0. The molecule has 2 nitrogen and oxygen atoms in total. The molecule has 0 aliphatic heterocycles. The quantitative estimate of drug-likeness (QED) is 0.542. The zero-order valence-corrected chi connectivity index (χ0v) is 16.7. The van der Waals surface area contributed by atoms with Crippen LogP contribution in [0, 0.1) is 10.8 Å². The highest BCUT2D eigenvalue weighted by atomic mass is 35.5. The molecule has 0 radical (unpaired) electrons. The van der Waals surface area contributed by atoms with E-state index in [1.165, 1.54) is 12.1 Å². The van der Waals surface area contributed by atoms with Crippen molar-refractivity contribution in [1.29, 1.82) is 0 Å². The first kappa shape index (κ1) is 19.3. The van der Waals surface area contributed by atoms with Gasteiger partial charge in [0, 0.05) is 10.3 Å². The van der Waals surface area contributed by atoms with Gasteiger partial charge in [0.1, 0.15) is 8.07 Å². The number of benzene rings is 1. The molecule has 0 atom stereocenters. The predicted octanol–water partition coefficient (Wildman–Crippen LogP) is 5.29. The van der Waals surface area contributed by atoms with Crippen molar-refractivity contribution in [1.82, 2.24) is 0 Å². The lowest BCUT2D eigenvalue weighted by Gasteiger charge is -2.37. The standard InChI is InChI=1S/C17H25ClO2SSi/c1-13(2)22(14(3)4,15(5)6)12-11-21(19,20)17-9-7-16(18)8-10-17/h7-10,13-15H,1-6H3. The Kier molecular flexibility index (Phi) is 6.32. The first-order valence-electron chi connectivity index (χ1n) is 7.58. The van der Waals surface area contributed by atoms with Gasteiger partial charge in [-0.25, -0.2) is 8.42 Å². The number of hydrogen-bond acceptors (Lipinski definition) is 2. The SMILES string of the molecule is CC(C)[Si](C#CS(=O)(=O)c1ccc(Cl)cc1)(C(C)C)C(C)C. The van der Waals surface area contributed by atoms with Crippen LogP contribution in [0.25, 0.3) is 0 Å². The Hall–Kier alpha value is -0.763. The number of halogens is 1. The van der Waals surface area contributed by atoms with Crippen LogP contribution in [-0.2, 0) is 9.84 Å². The Balaban J connectivity index is 3.36. The van der Waals surface area contributed by atoms with Gasteiger partial charge in [0.15, 0.2) is 0 Å². The Labute approximate surface area is 141 Å². The van der Waals surface area contributed by atoms with Crippen LogP contribution in [-0.4, -0.2) is 16.5 Å². The monoisotopic (exact) mass is 356 g/mol. The maximum atomic E-state index is 12.5. The predicted molar refractivity (Wildman–Crippen MR) is 97.5 cm³/mol. The molecule has 0 bridgehead atoms. The maximum absolute atomic E-state index is 12.5. The van der Waals surface area contributed by atoms with Gasteiger partial charge >= 0.3 is 0 Å². The van der Waals surface area contributed by atoms with E-state index in [4.69, 9.17) is 11.6 Å². The van der Waals surface area contributed by atoms with Crippen molar-refractivity contribution in [3.63, 3.8) is 0 Å². The van der Waals surface area contributed by atoms with Crippen LogP contribution in [0.4, 0.5) is 0 Å². The van der Waals surface area contributed by atoms with Gasteiger partial charge in [0.2, 0.25) is 9.84 Å². The van der Waals surface area contributed by atoms with Crippen molar-refractivity contribution in [3.05, 3.63) is 29.3 Å². The molecule has 0 amide bonds. The second kappa shape index (κ2) is 7.21. The van der Waals surface area contributed by atoms with E-state index in [1.807, 2.05) is 0 Å². The third-order valence-corrected chi connectivity index (χ3v) is 12.4. The summed E-state index contributed by atoms with van der Waals surface area (Å²) >= 11 is 5.81. The maximum Gasteiger partial charge on any atom is 0.244 e. The zero-order chi connectivity index (χ0) is 17.1. The summed E-state index contributed by atoms with van der Waals surface area (Å²) in [5.41, 5.74) is 4.46. The Bertz CT molecular complexity index is 643. The van der Waals surface area contributed by atoms with Crippen LogP contribution in [0.3, 0.4) is 0 Å². The third-order valence-electron chi connectivity index (χ3n) is 4.39. The van der Waals surface area contributed by atoms with Crippen LogP contribution >= 0.6 is 11.6 Å². The van der Waals surface area contributed by atoms with E-state index in [0.717, 1.165) is 0 Å². The minimum absolute atomic E-state index is 0.212. The average molecular weight is 357 g/mol. The van der Waals surface area contributed by atoms with Gasteiger partial charge in [-0.1, -0.05) is 53.1 Å². The molecule has 0 aliphatic carbocycles. The van der Waals surface area contributed by atoms with Crippen molar-refractivity contribution in [2.45, 2.75) is 63.1 Å². The number of sulfone groups is 1. The smallest absolute Gasteiger partial charge is 0.210 e. The summed E-state index contributed by atoms with van der Waals surface area (Å²) in [5, 5.41) is 3.14. The van der Waals surface area contributed by atoms with E-state index in [-0.39, 0.29) is 4.90 Å². The second-order valence-electron chi connectivity index (χ2n) is 6.58. The highest BCUT2D eigenvalue weighted by Crippen LogP contribution is 2.40. The van der Waals surface area contributed by atoms with Gasteiger partial charge in [-0.15, -0.1) is 5.54 Å². The highest BCUT2D eigenvalue weighted by molar-refractivity contribution is 7.96. The van der Waals surface area contributed by atoms with Crippen LogP contribution in [0.2, 0.25) is 21.6 Å². The lowest BCUT2D eigenvalue weighted by molar-refractivity contribution is 0.606. The number of rotatable bonds is 4. The van der Waals surface area contributed by atoms with Gasteiger partial charge in [-0.05, 0) is 40.9 Å². The fourth-order valence-corrected chi connectivity index (χ4v) is 10.1. The summed E-state index contributed by atoms with van der Waals surface area (Å²) in [4.78, 5) is 0.212. The van der Waals surface area contributed by atoms with Gasteiger partial charge in [-0.2, -0.15) is 0 Å². The van der Waals surface area contributed by atoms with Gasteiger partial charge in [-0.3, -0.25) is 0 Å². The normalized spacial score (nSPS) is 12.6. The van der Waals surface area contributed by atoms with Crippen LogP contribution in [0.15, 0.2) is 29.2 Å². The molecule has 0 spiro atoms. The largest absolute Gasteiger partial charge is 0.244 e. The minimum Gasteiger partial charge on any atom is -0.210 e. The van der Waals surface area contributed by atoms with Crippen molar-refractivity contribution in [3.8, 4) is 10.8 Å². The average Bonchev–Trinajstić information content (AvgIpc) is 2.38. The molecule has 0 fully saturated rings. The first-order chi connectivity index (χ1) is 10.0. The van der Waals surface area contributed by atoms with Crippen LogP contribution < -0.4 is 0 Å². The Morgan fingerprint density at radius 3 is 1.68 bits per heavy atom. The summed E-state index contributed by atoms with van der Waals surface area (Å²) in [6.45, 7) is 13.0. The first-order valence-corrected chi connectivity index (χ1v) is 11.7. The molecule has 1 aromatic rings. The van der Waals surface area contributed by atoms with E-state index in [0.29, 0.717) is 21.6 Å². The summed E-state index contributed by atoms with van der Waals surface area (Å²) in [5.74, 6) is 0. The van der Waals surface area contributed by atoms with E-state index in [1.54, 1.807) is 12.1 Å². The van der Waals surface area contributed by atoms with E-state index >= 15 is 0 Å². The molecule has 5 heteroatoms. The molecular formula is C17H25ClO2SSi. The molecular weight excluding hydrogens is 332 g/mol. The van der Waals surface area contributed by atoms with E-state index < -0.39 is 17.9 Å². The lowest BCUT2D eigenvalue weighted by Crippen LogP contribution is -2.43. The van der Waals surface area contributed by atoms with Crippen molar-refractivity contribution in [2.75, 3.05) is 0 Å². The molecule has 22 heavy (non-hydrogen) atoms. The highest BCUT2D eigenvalue weighted by Gasteiger charge is 2.42. The molecule has 1 rings (SSSR count). The molecule has 0 aromatic heterocycles. The lowest BCUT2D eigenvalue weighted by atomic mass is 10.4. The fourth-order valence-electron chi connectivity index (χ4n) is 3.26. The topological polar surface area (TPSA) is 34.1 Å². The Morgan fingerprint density at radius 1 is 0.909 bits per heavy atom. The van der Waals surface area contributed by atoms with Gasteiger partial charge in [0.05, 0.1) is 4.90 Å². The Morgan fingerprint density at radius 2 is 1.32 bits per heavy atom. The molecule has 122 valence electrons. The molecule has 0 aliphatic rings. The molecule has 0 unspecified atom stereocenters. The third kappa shape index (κ3) is 3.95. The van der Waals surface area contributed by atoms with E-state index in [9.17, 15) is 8.42 Å². The molecule has 0 saturated carbocycles. The summed E-state index contributed by atoms with van der Waals surface area (Å²) in [6, 6.07) is 6.17. The van der Waals surface area contributed by atoms with Gasteiger partial charge < -0.3 is 0 Å². The molecule has 0 N–H and O–H groups in total. The summed E-state index contributed by atoms with van der Waals surface area (Å²) in [7, 11) is -5.64. The molecule has 0 heterocycles. The van der Waals surface area contributed by atoms with Gasteiger partial charge in [0.25, 0.3) is 0 Å².